The fraction of sp³-hybridized carbons (Fsp3) is 0.500. The predicted octanol–water partition coefficient (Wildman–Crippen LogP) is -1.92. The van der Waals surface area contributed by atoms with E-state index in [1.54, 1.807) is 6.20 Å². The van der Waals surface area contributed by atoms with Gasteiger partial charge < -0.3 is 47.7 Å². The summed E-state index contributed by atoms with van der Waals surface area (Å²) in [7, 11) is 0. The molecular weight excluding hydrogens is 484 g/mol. The third-order valence-electron chi connectivity index (χ3n) is 5.89. The van der Waals surface area contributed by atoms with Gasteiger partial charge in [0.05, 0.1) is 12.7 Å². The van der Waals surface area contributed by atoms with E-state index in [9.17, 15) is 29.4 Å². The predicted molar refractivity (Wildman–Crippen MR) is 135 cm³/mol. The first-order chi connectivity index (χ1) is 17.6. The topological polar surface area (TPSA) is 233 Å². The fourth-order valence-electron chi connectivity index (χ4n) is 3.77. The molecule has 5 unspecified atom stereocenters. The molecule has 13 nitrogen and oxygen atoms in total. The van der Waals surface area contributed by atoms with E-state index < -0.39 is 60.6 Å². The van der Waals surface area contributed by atoms with Crippen LogP contribution in [0, 0.1) is 0 Å². The van der Waals surface area contributed by atoms with Crippen molar-refractivity contribution in [2.45, 2.75) is 62.9 Å². The van der Waals surface area contributed by atoms with Gasteiger partial charge in [0.1, 0.15) is 18.1 Å². The fourth-order valence-corrected chi connectivity index (χ4v) is 3.77. The van der Waals surface area contributed by atoms with Gasteiger partial charge in [0.2, 0.25) is 17.7 Å². The molecule has 11 N–H and O–H groups in total. The van der Waals surface area contributed by atoms with Crippen LogP contribution in [0.25, 0.3) is 10.9 Å². The molecule has 1 aromatic heterocycles. The van der Waals surface area contributed by atoms with Crippen molar-refractivity contribution in [3.63, 3.8) is 0 Å². The van der Waals surface area contributed by atoms with E-state index in [0.29, 0.717) is 24.9 Å². The molecule has 0 fully saturated rings. The number of carboxylic acid groups (broad SMARTS) is 1. The monoisotopic (exact) mass is 520 g/mol. The number of aromatic nitrogens is 1. The maximum absolute atomic E-state index is 13.2. The Labute approximate surface area is 214 Å². The van der Waals surface area contributed by atoms with Crippen molar-refractivity contribution in [2.75, 3.05) is 13.2 Å². The summed E-state index contributed by atoms with van der Waals surface area (Å²) < 4.78 is 0. The number of aliphatic hydroxyl groups is 2. The molecule has 0 spiro atoms. The second-order valence-electron chi connectivity index (χ2n) is 8.82. The van der Waals surface area contributed by atoms with E-state index in [1.807, 2.05) is 24.3 Å². The van der Waals surface area contributed by atoms with Gasteiger partial charge in [0.25, 0.3) is 0 Å². The first-order valence-corrected chi connectivity index (χ1v) is 12.0. The summed E-state index contributed by atoms with van der Waals surface area (Å²) >= 11 is 0. The van der Waals surface area contributed by atoms with Crippen molar-refractivity contribution in [3.05, 3.63) is 36.0 Å². The Morgan fingerprint density at radius 1 is 1.00 bits per heavy atom. The highest BCUT2D eigenvalue weighted by Gasteiger charge is 2.32. The largest absolute Gasteiger partial charge is 0.480 e. The summed E-state index contributed by atoms with van der Waals surface area (Å²) in [5.74, 6) is -3.70. The van der Waals surface area contributed by atoms with Crippen LogP contribution >= 0.6 is 0 Å². The summed E-state index contributed by atoms with van der Waals surface area (Å²) in [5.41, 5.74) is 12.6. The van der Waals surface area contributed by atoms with E-state index >= 15 is 0 Å². The Kier molecular flexibility index (Phi) is 11.5. The summed E-state index contributed by atoms with van der Waals surface area (Å²) in [5, 5.41) is 36.5. The zero-order valence-corrected chi connectivity index (χ0v) is 20.6. The molecule has 204 valence electrons. The number of benzene rings is 1. The standard InChI is InChI=1S/C24H36N6O7/c1-13(32)20(24(36)37)30-23(35)19(10-14-11-27-17-7-3-2-6-15(14)17)29-22(34)18(8-4-5-9-25)28-21(33)16(26)12-31/h2-3,6-7,11,13,16,18-20,27,31-32H,4-5,8-10,12,25-26H2,1H3,(H,28,33)(H,29,34)(H,30,35)(H,36,37). The quantitative estimate of drug-likeness (QED) is 0.119. The highest BCUT2D eigenvalue weighted by molar-refractivity contribution is 5.95. The zero-order valence-electron chi connectivity index (χ0n) is 20.6. The minimum atomic E-state index is -1.60. The Balaban J connectivity index is 2.31. The molecule has 13 heteroatoms. The average molecular weight is 521 g/mol. The zero-order chi connectivity index (χ0) is 27.5. The molecule has 0 bridgehead atoms. The smallest absolute Gasteiger partial charge is 0.328 e. The molecule has 1 aromatic carbocycles. The number of rotatable bonds is 15. The van der Waals surface area contributed by atoms with Crippen LogP contribution in [0.2, 0.25) is 0 Å². The molecule has 0 aliphatic carbocycles. The number of hydrogen-bond donors (Lipinski definition) is 9. The summed E-state index contributed by atoms with van der Waals surface area (Å²) in [6.45, 7) is 0.976. The Hall–Kier alpha value is -3.52. The lowest BCUT2D eigenvalue weighted by molar-refractivity contribution is -0.145. The van der Waals surface area contributed by atoms with Gasteiger partial charge in [0.15, 0.2) is 6.04 Å². The first-order valence-electron chi connectivity index (χ1n) is 12.0. The second-order valence-corrected chi connectivity index (χ2v) is 8.82. The number of aliphatic carboxylic acids is 1. The maximum atomic E-state index is 13.2. The van der Waals surface area contributed by atoms with Gasteiger partial charge in [-0.2, -0.15) is 0 Å². The number of unbranched alkanes of at least 4 members (excludes halogenated alkanes) is 1. The third-order valence-corrected chi connectivity index (χ3v) is 5.89. The van der Waals surface area contributed by atoms with Crippen LogP contribution in [-0.4, -0.2) is 87.4 Å². The summed E-state index contributed by atoms with van der Waals surface area (Å²) in [6.07, 6.45) is 1.55. The van der Waals surface area contributed by atoms with Gasteiger partial charge in [-0.05, 0) is 44.4 Å². The Bertz CT molecular complexity index is 1070. The van der Waals surface area contributed by atoms with E-state index in [1.165, 1.54) is 6.92 Å². The van der Waals surface area contributed by atoms with Gasteiger partial charge in [-0.25, -0.2) is 4.79 Å². The normalized spacial score (nSPS) is 15.3. The second kappa shape index (κ2) is 14.3. The number of aliphatic hydroxyl groups excluding tert-OH is 2. The molecule has 0 aliphatic rings. The van der Waals surface area contributed by atoms with Crippen molar-refractivity contribution in [1.29, 1.82) is 0 Å². The van der Waals surface area contributed by atoms with Gasteiger partial charge in [-0.3, -0.25) is 14.4 Å². The number of aromatic amines is 1. The average Bonchev–Trinajstić information content (AvgIpc) is 3.27. The SMILES string of the molecule is CC(O)C(NC(=O)C(Cc1c[nH]c2ccccc12)NC(=O)C(CCCCN)NC(=O)C(N)CO)C(=O)O. The van der Waals surface area contributed by atoms with E-state index in [4.69, 9.17) is 16.6 Å². The van der Waals surface area contributed by atoms with Crippen LogP contribution in [0.1, 0.15) is 31.7 Å². The van der Waals surface area contributed by atoms with Crippen LogP contribution in [0.15, 0.2) is 30.5 Å². The molecule has 3 amide bonds. The van der Waals surface area contributed by atoms with Gasteiger partial charge in [-0.1, -0.05) is 18.2 Å². The van der Waals surface area contributed by atoms with Gasteiger partial charge in [-0.15, -0.1) is 0 Å². The molecule has 0 saturated heterocycles. The number of carbonyl (C=O) groups excluding carboxylic acids is 3. The van der Waals surface area contributed by atoms with Gasteiger partial charge >= 0.3 is 5.97 Å². The first kappa shape index (κ1) is 29.7. The summed E-state index contributed by atoms with van der Waals surface area (Å²) in [4.78, 5) is 53.2. The van der Waals surface area contributed by atoms with Crippen LogP contribution in [-0.2, 0) is 25.6 Å². The van der Waals surface area contributed by atoms with E-state index in [0.717, 1.165) is 10.9 Å². The molecule has 0 aliphatic heterocycles. The van der Waals surface area contributed by atoms with Crippen molar-refractivity contribution < 1.29 is 34.5 Å². The van der Waals surface area contributed by atoms with Crippen molar-refractivity contribution in [2.24, 2.45) is 11.5 Å². The number of carboxylic acids is 1. The van der Waals surface area contributed by atoms with E-state index in [-0.39, 0.29) is 12.8 Å². The lowest BCUT2D eigenvalue weighted by Gasteiger charge is -2.25. The molecule has 0 saturated carbocycles. The Morgan fingerprint density at radius 3 is 2.27 bits per heavy atom. The maximum Gasteiger partial charge on any atom is 0.328 e. The molecular formula is C24H36N6O7. The lowest BCUT2D eigenvalue weighted by atomic mass is 10.0. The molecule has 1 heterocycles. The molecule has 5 atom stereocenters. The van der Waals surface area contributed by atoms with Crippen LogP contribution in [0.4, 0.5) is 0 Å². The van der Waals surface area contributed by atoms with Crippen LogP contribution in [0.5, 0.6) is 0 Å². The number of carbonyl (C=O) groups is 4. The highest BCUT2D eigenvalue weighted by atomic mass is 16.4. The lowest BCUT2D eigenvalue weighted by Crippen LogP contribution is -2.59. The highest BCUT2D eigenvalue weighted by Crippen LogP contribution is 2.19. The minimum absolute atomic E-state index is 0.00659. The van der Waals surface area contributed by atoms with Crippen molar-refractivity contribution in [1.82, 2.24) is 20.9 Å². The van der Waals surface area contributed by atoms with Gasteiger partial charge in [0, 0.05) is 23.5 Å². The molecule has 0 radical (unpaired) electrons. The van der Waals surface area contributed by atoms with E-state index in [2.05, 4.69) is 20.9 Å². The number of para-hydroxylation sites is 1. The molecule has 2 rings (SSSR count). The number of amides is 3. The van der Waals surface area contributed by atoms with Crippen LogP contribution in [0.3, 0.4) is 0 Å². The third kappa shape index (κ3) is 8.53. The van der Waals surface area contributed by atoms with Crippen molar-refractivity contribution in [3.8, 4) is 0 Å². The number of hydrogen-bond acceptors (Lipinski definition) is 8. The molecule has 2 aromatic rings. The number of H-pyrrole nitrogens is 1. The Morgan fingerprint density at radius 2 is 1.65 bits per heavy atom. The van der Waals surface area contributed by atoms with Crippen LogP contribution < -0.4 is 27.4 Å². The summed E-state index contributed by atoms with van der Waals surface area (Å²) in [6, 6.07) is 2.16. The minimum Gasteiger partial charge on any atom is -0.480 e. The number of fused-ring (bicyclic) bond motifs is 1. The number of nitrogens with one attached hydrogen (secondary N) is 4. The number of nitrogens with two attached hydrogens (primary N) is 2. The molecule has 37 heavy (non-hydrogen) atoms. The van der Waals surface area contributed by atoms with Crippen molar-refractivity contribution >= 4 is 34.6 Å².